The minimum Gasteiger partial charge on any atom is -0.311 e. The largest absolute Gasteiger partial charge is 0.311 e. The summed E-state index contributed by atoms with van der Waals surface area (Å²) in [5, 5.41) is 5.11. The number of allylic oxidation sites excluding steroid dienone is 7. The van der Waals surface area contributed by atoms with Gasteiger partial charge in [0.05, 0.1) is 10.8 Å². The zero-order valence-electron chi connectivity index (χ0n) is 36.2. The van der Waals surface area contributed by atoms with E-state index in [-0.39, 0.29) is 5.92 Å². The molecule has 0 saturated heterocycles. The Hall–Kier alpha value is -7.74. The van der Waals surface area contributed by atoms with Gasteiger partial charge in [0.1, 0.15) is 0 Å². The first-order valence-corrected chi connectivity index (χ1v) is 23.3. The first-order chi connectivity index (χ1) is 32.3. The molecule has 0 amide bonds. The molecule has 3 atom stereocenters. The molecule has 0 bridgehead atoms. The van der Waals surface area contributed by atoms with Gasteiger partial charge in [-0.05, 0) is 144 Å². The van der Waals surface area contributed by atoms with Crippen LogP contribution in [0.3, 0.4) is 0 Å². The Bertz CT molecular complexity index is 3460. The third-order valence-corrected chi connectivity index (χ3v) is 15.1. The van der Waals surface area contributed by atoms with Crippen molar-refractivity contribution < 1.29 is 0 Å². The highest BCUT2D eigenvalue weighted by Crippen LogP contribution is 2.67. The third kappa shape index (κ3) is 5.39. The van der Waals surface area contributed by atoms with Gasteiger partial charge in [-0.3, -0.25) is 0 Å². The van der Waals surface area contributed by atoms with Gasteiger partial charge in [0.2, 0.25) is 0 Å². The summed E-state index contributed by atoms with van der Waals surface area (Å²) >= 11 is 0. The Morgan fingerprint density at radius 3 is 1.91 bits per heavy atom. The molecule has 0 heterocycles. The van der Waals surface area contributed by atoms with E-state index >= 15 is 0 Å². The Labute approximate surface area is 381 Å². The van der Waals surface area contributed by atoms with E-state index in [2.05, 4.69) is 248 Å². The molecular formula is C64H47N. The summed E-state index contributed by atoms with van der Waals surface area (Å²) in [6.45, 7) is 0. The average Bonchev–Trinajstić information content (AvgIpc) is 3.70. The van der Waals surface area contributed by atoms with E-state index in [0.29, 0.717) is 0 Å². The maximum absolute atomic E-state index is 2.55. The second-order valence-corrected chi connectivity index (χ2v) is 18.1. The van der Waals surface area contributed by atoms with Gasteiger partial charge in [-0.15, -0.1) is 0 Å². The summed E-state index contributed by atoms with van der Waals surface area (Å²) in [6.07, 6.45) is 17.2. The SMILES string of the molecule is C1=CCC(C2(C3=C(N(c4ccccc4)c4ccc(-c5cc6ccccc6c6ccccc56)cc4)C=CCC3)c3ccccc3C3(c4ccccc4)c4ccccc4-c4cccc2c43)C=C1. The lowest BCUT2D eigenvalue weighted by Crippen LogP contribution is -2.49. The van der Waals surface area contributed by atoms with Crippen molar-refractivity contribution in [2.24, 2.45) is 5.92 Å². The maximum atomic E-state index is 2.55. The van der Waals surface area contributed by atoms with Crippen molar-refractivity contribution >= 4 is 32.9 Å². The second-order valence-electron chi connectivity index (χ2n) is 18.1. The molecule has 0 N–H and O–H groups in total. The normalized spacial score (nSPS) is 20.2. The summed E-state index contributed by atoms with van der Waals surface area (Å²) in [5.41, 5.74) is 17.6. The number of rotatable bonds is 7. The Morgan fingerprint density at radius 2 is 1.11 bits per heavy atom. The smallest absolute Gasteiger partial charge is 0.0719 e. The van der Waals surface area contributed by atoms with E-state index in [4.69, 9.17) is 0 Å². The van der Waals surface area contributed by atoms with Crippen LogP contribution in [0.4, 0.5) is 11.4 Å². The van der Waals surface area contributed by atoms with Gasteiger partial charge in [0.15, 0.2) is 0 Å². The van der Waals surface area contributed by atoms with Crippen LogP contribution in [-0.4, -0.2) is 0 Å². The van der Waals surface area contributed by atoms with E-state index in [1.807, 2.05) is 0 Å². The van der Waals surface area contributed by atoms with Gasteiger partial charge in [-0.2, -0.15) is 0 Å². The predicted octanol–water partition coefficient (Wildman–Crippen LogP) is 16.2. The molecule has 308 valence electrons. The Morgan fingerprint density at radius 1 is 0.462 bits per heavy atom. The number of nitrogens with zero attached hydrogens (tertiary/aromatic N) is 1. The lowest BCUT2D eigenvalue weighted by Gasteiger charge is -2.54. The van der Waals surface area contributed by atoms with Crippen molar-refractivity contribution in [2.75, 3.05) is 4.90 Å². The number of benzene rings is 9. The fourth-order valence-electron chi connectivity index (χ4n) is 12.6. The number of hydrogen-bond acceptors (Lipinski definition) is 1. The highest BCUT2D eigenvalue weighted by atomic mass is 15.1. The summed E-state index contributed by atoms with van der Waals surface area (Å²) in [4.78, 5) is 2.55. The van der Waals surface area contributed by atoms with E-state index in [0.717, 1.165) is 30.6 Å². The third-order valence-electron chi connectivity index (χ3n) is 15.1. The van der Waals surface area contributed by atoms with Gasteiger partial charge >= 0.3 is 0 Å². The average molecular weight is 830 g/mol. The summed E-state index contributed by atoms with van der Waals surface area (Å²) in [7, 11) is 0. The molecule has 65 heavy (non-hydrogen) atoms. The van der Waals surface area contributed by atoms with Crippen LogP contribution in [0.25, 0.3) is 43.8 Å². The molecular weight excluding hydrogens is 783 g/mol. The molecule has 0 spiro atoms. The minimum absolute atomic E-state index is 0.176. The fraction of sp³-hybridized carbons (Fsp3) is 0.0938. The molecule has 0 saturated carbocycles. The van der Waals surface area contributed by atoms with Gasteiger partial charge in [-0.25, -0.2) is 0 Å². The molecule has 0 fully saturated rings. The summed E-state index contributed by atoms with van der Waals surface area (Å²) in [6, 6.07) is 77.8. The molecule has 1 nitrogen and oxygen atoms in total. The van der Waals surface area contributed by atoms with E-state index in [1.54, 1.807) is 0 Å². The quantitative estimate of drug-likeness (QED) is 0.145. The number of anilines is 2. The lowest BCUT2D eigenvalue weighted by atomic mass is 9.48. The van der Waals surface area contributed by atoms with Crippen LogP contribution in [0.15, 0.2) is 254 Å². The maximum Gasteiger partial charge on any atom is 0.0719 e. The zero-order chi connectivity index (χ0) is 43.0. The number of hydrogen-bond donors (Lipinski definition) is 0. The van der Waals surface area contributed by atoms with Crippen LogP contribution in [0, 0.1) is 5.92 Å². The molecule has 13 rings (SSSR count). The zero-order valence-corrected chi connectivity index (χ0v) is 36.2. The molecule has 0 radical (unpaired) electrons. The van der Waals surface area contributed by atoms with Crippen molar-refractivity contribution in [3.05, 3.63) is 287 Å². The van der Waals surface area contributed by atoms with E-state index < -0.39 is 10.8 Å². The molecule has 0 aromatic heterocycles. The lowest BCUT2D eigenvalue weighted by molar-refractivity contribution is 0.401. The van der Waals surface area contributed by atoms with Gasteiger partial charge in [0.25, 0.3) is 0 Å². The van der Waals surface area contributed by atoms with E-state index in [1.165, 1.54) is 88.4 Å². The van der Waals surface area contributed by atoms with Crippen LogP contribution in [0.2, 0.25) is 0 Å². The molecule has 4 aliphatic carbocycles. The van der Waals surface area contributed by atoms with Crippen molar-refractivity contribution in [1.82, 2.24) is 0 Å². The molecule has 1 heteroatoms. The molecule has 9 aromatic carbocycles. The van der Waals surface area contributed by atoms with Crippen molar-refractivity contribution in [3.8, 4) is 22.3 Å². The standard InChI is InChI=1S/C64H47N/c1-4-22-46(23-5-1)63(57-34-16-17-35-58(57)64(47-24-6-2-7-25-47)56-33-15-14-31-53(56)54-32-20-37-60(63)62(54)64)59-36-18-19-38-61(59)65(48-26-8-3-9-27-48)49-41-39-44(40-42-49)55-43-45-21-10-11-28-50(45)51-29-12-13-30-52(51)55/h1-17,19-22,24-35,37-43,46H,18,23,36H2. The van der Waals surface area contributed by atoms with Crippen molar-refractivity contribution in [2.45, 2.75) is 30.1 Å². The van der Waals surface area contributed by atoms with Crippen LogP contribution < -0.4 is 4.90 Å². The van der Waals surface area contributed by atoms with Crippen LogP contribution in [-0.2, 0) is 10.8 Å². The molecule has 0 aliphatic heterocycles. The fourth-order valence-corrected chi connectivity index (χ4v) is 12.6. The Balaban J connectivity index is 1.09. The Kier molecular flexibility index (Phi) is 8.68. The first kappa shape index (κ1) is 37.8. The van der Waals surface area contributed by atoms with Gasteiger partial charge in [-0.1, -0.05) is 206 Å². The summed E-state index contributed by atoms with van der Waals surface area (Å²) < 4.78 is 0. The van der Waals surface area contributed by atoms with Gasteiger partial charge < -0.3 is 4.90 Å². The monoisotopic (exact) mass is 829 g/mol. The predicted molar refractivity (Wildman–Crippen MR) is 272 cm³/mol. The van der Waals surface area contributed by atoms with Crippen LogP contribution in [0.5, 0.6) is 0 Å². The highest BCUT2D eigenvalue weighted by Gasteiger charge is 2.59. The summed E-state index contributed by atoms with van der Waals surface area (Å²) in [5.74, 6) is 0.176. The number of para-hydroxylation sites is 1. The molecule has 3 unspecified atom stereocenters. The van der Waals surface area contributed by atoms with Gasteiger partial charge in [0, 0.05) is 17.1 Å². The highest BCUT2D eigenvalue weighted by molar-refractivity contribution is 6.13. The number of fused-ring (bicyclic) bond motifs is 8. The molecule has 4 aliphatic rings. The molecule has 9 aromatic rings. The second kappa shape index (κ2) is 14.9. The topological polar surface area (TPSA) is 3.24 Å². The van der Waals surface area contributed by atoms with Crippen LogP contribution in [0.1, 0.15) is 52.6 Å². The van der Waals surface area contributed by atoms with Crippen LogP contribution >= 0.6 is 0 Å². The van der Waals surface area contributed by atoms with Crippen molar-refractivity contribution in [1.29, 1.82) is 0 Å². The van der Waals surface area contributed by atoms with E-state index in [9.17, 15) is 0 Å². The minimum atomic E-state index is -0.486. The van der Waals surface area contributed by atoms with Crippen molar-refractivity contribution in [3.63, 3.8) is 0 Å². The first-order valence-electron chi connectivity index (χ1n) is 23.3.